The highest BCUT2D eigenvalue weighted by molar-refractivity contribution is 5.95. The number of amides is 1. The lowest BCUT2D eigenvalue weighted by Gasteiger charge is -2.07. The van der Waals surface area contributed by atoms with Crippen LogP contribution in [0.25, 0.3) is 11.1 Å². The minimum atomic E-state index is -0.330. The number of nitrogens with one attached hydrogen (secondary N) is 1. The molecule has 4 heteroatoms. The zero-order valence-electron chi connectivity index (χ0n) is 12.4. The molecule has 0 unspecified atom stereocenters. The van der Waals surface area contributed by atoms with Crippen molar-refractivity contribution in [3.8, 4) is 11.1 Å². The Morgan fingerprint density at radius 2 is 1.70 bits per heavy atom. The highest BCUT2D eigenvalue weighted by Crippen LogP contribution is 2.18. The first-order valence-corrected chi connectivity index (χ1v) is 7.26. The largest absolute Gasteiger partial charge is 0.348 e. The molecule has 0 fully saturated rings. The lowest BCUT2D eigenvalue weighted by atomic mass is 10.1. The second-order valence-electron chi connectivity index (χ2n) is 5.10. The summed E-state index contributed by atoms with van der Waals surface area (Å²) in [6.07, 6.45) is 3.21. The fourth-order valence-corrected chi connectivity index (χ4v) is 2.27. The molecular weight excluding hydrogens is 291 g/mol. The number of aromatic nitrogens is 1. The van der Waals surface area contributed by atoms with Gasteiger partial charge >= 0.3 is 0 Å². The van der Waals surface area contributed by atoms with Crippen molar-refractivity contribution in [1.82, 2.24) is 10.3 Å². The zero-order chi connectivity index (χ0) is 16.1. The van der Waals surface area contributed by atoms with Crippen molar-refractivity contribution in [3.05, 3.63) is 90.0 Å². The van der Waals surface area contributed by atoms with Gasteiger partial charge in [-0.2, -0.15) is 0 Å². The van der Waals surface area contributed by atoms with Gasteiger partial charge in [0.15, 0.2) is 0 Å². The van der Waals surface area contributed by atoms with Gasteiger partial charge in [0.25, 0.3) is 5.91 Å². The van der Waals surface area contributed by atoms with E-state index in [1.165, 1.54) is 12.3 Å². The third-order valence-corrected chi connectivity index (χ3v) is 3.50. The lowest BCUT2D eigenvalue weighted by molar-refractivity contribution is 0.0950. The number of hydrogen-bond acceptors (Lipinski definition) is 2. The van der Waals surface area contributed by atoms with Gasteiger partial charge in [-0.1, -0.05) is 48.5 Å². The Kier molecular flexibility index (Phi) is 4.43. The summed E-state index contributed by atoms with van der Waals surface area (Å²) in [4.78, 5) is 16.4. The van der Waals surface area contributed by atoms with E-state index >= 15 is 0 Å². The maximum atomic E-state index is 13.6. The van der Waals surface area contributed by atoms with Gasteiger partial charge in [0, 0.05) is 30.1 Å². The molecule has 0 spiro atoms. The Balaban J connectivity index is 1.74. The van der Waals surface area contributed by atoms with E-state index in [2.05, 4.69) is 10.3 Å². The third-order valence-electron chi connectivity index (χ3n) is 3.50. The van der Waals surface area contributed by atoms with E-state index in [0.29, 0.717) is 11.1 Å². The molecule has 114 valence electrons. The van der Waals surface area contributed by atoms with Crippen molar-refractivity contribution < 1.29 is 9.18 Å². The predicted octanol–water partition coefficient (Wildman–Crippen LogP) is 3.82. The summed E-state index contributed by atoms with van der Waals surface area (Å²) in [7, 11) is 0. The van der Waals surface area contributed by atoms with Crippen molar-refractivity contribution in [2.75, 3.05) is 0 Å². The fourth-order valence-electron chi connectivity index (χ4n) is 2.27. The van der Waals surface area contributed by atoms with Crippen LogP contribution in [0.2, 0.25) is 0 Å². The highest BCUT2D eigenvalue weighted by atomic mass is 19.1. The van der Waals surface area contributed by atoms with Gasteiger partial charge in [-0.15, -0.1) is 0 Å². The summed E-state index contributed by atoms with van der Waals surface area (Å²) in [5.74, 6) is -0.609. The standard InChI is InChI=1S/C19H15FN2O/c20-18-9-5-4-8-15(18)13-22-19(23)17-10-16(11-21-12-17)14-6-2-1-3-7-14/h1-12H,13H2,(H,22,23). The van der Waals surface area contributed by atoms with Gasteiger partial charge in [0.2, 0.25) is 0 Å². The van der Waals surface area contributed by atoms with Gasteiger partial charge in [-0.3, -0.25) is 9.78 Å². The molecule has 0 aliphatic rings. The smallest absolute Gasteiger partial charge is 0.253 e. The number of halogens is 1. The zero-order valence-corrected chi connectivity index (χ0v) is 12.4. The van der Waals surface area contributed by atoms with E-state index in [1.54, 1.807) is 30.5 Å². The minimum Gasteiger partial charge on any atom is -0.348 e. The molecule has 3 rings (SSSR count). The molecule has 0 atom stereocenters. The van der Waals surface area contributed by atoms with E-state index in [-0.39, 0.29) is 18.3 Å². The van der Waals surface area contributed by atoms with E-state index in [9.17, 15) is 9.18 Å². The van der Waals surface area contributed by atoms with Crippen LogP contribution in [-0.4, -0.2) is 10.9 Å². The number of pyridine rings is 1. The molecule has 3 nitrogen and oxygen atoms in total. The first kappa shape index (κ1) is 14.9. The van der Waals surface area contributed by atoms with Crippen molar-refractivity contribution >= 4 is 5.91 Å². The summed E-state index contributed by atoms with van der Waals surface area (Å²) in [6.45, 7) is 0.140. The van der Waals surface area contributed by atoms with Crippen LogP contribution >= 0.6 is 0 Å². The molecule has 0 aliphatic heterocycles. The number of carbonyl (C=O) groups is 1. The molecule has 1 heterocycles. The van der Waals surface area contributed by atoms with E-state index in [0.717, 1.165) is 11.1 Å². The Hall–Kier alpha value is -3.01. The summed E-state index contributed by atoms with van der Waals surface area (Å²) in [5.41, 5.74) is 2.75. The molecule has 0 saturated heterocycles. The quantitative estimate of drug-likeness (QED) is 0.796. The molecule has 0 bridgehead atoms. The molecule has 0 radical (unpaired) electrons. The second-order valence-corrected chi connectivity index (χ2v) is 5.10. The fraction of sp³-hybridized carbons (Fsp3) is 0.0526. The molecule has 1 N–H and O–H groups in total. The van der Waals surface area contributed by atoms with E-state index < -0.39 is 0 Å². The van der Waals surface area contributed by atoms with Crippen molar-refractivity contribution in [1.29, 1.82) is 0 Å². The van der Waals surface area contributed by atoms with Crippen LogP contribution in [0.3, 0.4) is 0 Å². The molecule has 2 aromatic carbocycles. The molecule has 1 aromatic heterocycles. The van der Waals surface area contributed by atoms with Crippen LogP contribution < -0.4 is 5.32 Å². The van der Waals surface area contributed by atoms with Gasteiger partial charge in [-0.25, -0.2) is 4.39 Å². The van der Waals surface area contributed by atoms with Crippen LogP contribution in [0, 0.1) is 5.82 Å². The molecule has 3 aromatic rings. The van der Waals surface area contributed by atoms with Gasteiger partial charge < -0.3 is 5.32 Å². The van der Waals surface area contributed by atoms with Crippen LogP contribution in [0.5, 0.6) is 0 Å². The Morgan fingerprint density at radius 3 is 2.48 bits per heavy atom. The van der Waals surface area contributed by atoms with Gasteiger partial charge in [0.1, 0.15) is 5.82 Å². The third kappa shape index (κ3) is 3.61. The minimum absolute atomic E-state index is 0.140. The lowest BCUT2D eigenvalue weighted by Crippen LogP contribution is -2.23. The van der Waals surface area contributed by atoms with Crippen LogP contribution in [0.4, 0.5) is 4.39 Å². The Bertz CT molecular complexity index is 818. The first-order chi connectivity index (χ1) is 11.2. The maximum absolute atomic E-state index is 13.6. The van der Waals surface area contributed by atoms with Crippen LogP contribution in [0.1, 0.15) is 15.9 Å². The number of nitrogens with zero attached hydrogens (tertiary/aromatic N) is 1. The van der Waals surface area contributed by atoms with E-state index in [1.807, 2.05) is 30.3 Å². The van der Waals surface area contributed by atoms with Gasteiger partial charge in [0.05, 0.1) is 5.56 Å². The summed E-state index contributed by atoms with van der Waals surface area (Å²) in [6, 6.07) is 17.9. The Morgan fingerprint density at radius 1 is 0.957 bits per heavy atom. The van der Waals surface area contributed by atoms with Crippen molar-refractivity contribution in [3.63, 3.8) is 0 Å². The van der Waals surface area contributed by atoms with Gasteiger partial charge in [-0.05, 0) is 17.7 Å². The number of rotatable bonds is 4. The number of benzene rings is 2. The maximum Gasteiger partial charge on any atom is 0.253 e. The summed E-state index contributed by atoms with van der Waals surface area (Å²) >= 11 is 0. The Labute approximate surface area is 133 Å². The van der Waals surface area contributed by atoms with E-state index in [4.69, 9.17) is 0 Å². The molecule has 0 saturated carbocycles. The monoisotopic (exact) mass is 306 g/mol. The average Bonchev–Trinajstić information content (AvgIpc) is 2.62. The predicted molar refractivity (Wildman–Crippen MR) is 87.2 cm³/mol. The molecular formula is C19H15FN2O. The SMILES string of the molecule is O=C(NCc1ccccc1F)c1cncc(-c2ccccc2)c1. The number of carbonyl (C=O) groups excluding carboxylic acids is 1. The highest BCUT2D eigenvalue weighted by Gasteiger charge is 2.09. The first-order valence-electron chi connectivity index (χ1n) is 7.26. The topological polar surface area (TPSA) is 42.0 Å². The second kappa shape index (κ2) is 6.83. The molecule has 23 heavy (non-hydrogen) atoms. The normalized spacial score (nSPS) is 10.3. The van der Waals surface area contributed by atoms with Crippen LogP contribution in [-0.2, 0) is 6.54 Å². The van der Waals surface area contributed by atoms with Crippen LogP contribution in [0.15, 0.2) is 73.1 Å². The number of hydrogen-bond donors (Lipinski definition) is 1. The average molecular weight is 306 g/mol. The molecule has 1 amide bonds. The van der Waals surface area contributed by atoms with Crippen molar-refractivity contribution in [2.24, 2.45) is 0 Å². The molecule has 0 aliphatic carbocycles. The summed E-state index contributed by atoms with van der Waals surface area (Å²) < 4.78 is 13.6. The summed E-state index contributed by atoms with van der Waals surface area (Å²) in [5, 5.41) is 2.72. The van der Waals surface area contributed by atoms with Crippen molar-refractivity contribution in [2.45, 2.75) is 6.54 Å².